The number of aromatic nitrogens is 2. The van der Waals surface area contributed by atoms with Crippen LogP contribution in [0.4, 0.5) is 0 Å². The van der Waals surface area contributed by atoms with E-state index < -0.39 is 0 Å². The van der Waals surface area contributed by atoms with E-state index in [2.05, 4.69) is 10.2 Å². The van der Waals surface area contributed by atoms with Crippen LogP contribution in [0.1, 0.15) is 0 Å². The first-order valence-electron chi connectivity index (χ1n) is 7.84. The maximum absolute atomic E-state index is 10.6. The Morgan fingerprint density at radius 3 is 2.15 bits per heavy atom. The summed E-state index contributed by atoms with van der Waals surface area (Å²) in [7, 11) is 6.13. The summed E-state index contributed by atoms with van der Waals surface area (Å²) in [6.07, 6.45) is 1.69. The zero-order chi connectivity index (χ0) is 18.7. The zero-order valence-corrected chi connectivity index (χ0v) is 15.0. The normalized spacial score (nSPS) is 10.5. The van der Waals surface area contributed by atoms with Crippen molar-refractivity contribution in [2.75, 3.05) is 28.4 Å². The molecule has 0 atom stereocenters. The largest absolute Gasteiger partial charge is 0.507 e. The van der Waals surface area contributed by atoms with Gasteiger partial charge in [-0.2, -0.15) is 5.10 Å². The van der Waals surface area contributed by atoms with Crippen LogP contribution < -0.4 is 18.9 Å². The van der Waals surface area contributed by atoms with Crippen LogP contribution in [-0.2, 0) is 0 Å². The van der Waals surface area contributed by atoms with Crippen molar-refractivity contribution in [3.8, 4) is 51.1 Å². The second-order valence-corrected chi connectivity index (χ2v) is 5.43. The van der Waals surface area contributed by atoms with Crippen molar-refractivity contribution in [3.63, 3.8) is 0 Å². The Morgan fingerprint density at radius 2 is 1.58 bits per heavy atom. The third-order valence-electron chi connectivity index (χ3n) is 4.10. The van der Waals surface area contributed by atoms with Gasteiger partial charge in [0.05, 0.1) is 45.9 Å². The van der Waals surface area contributed by atoms with Gasteiger partial charge in [-0.1, -0.05) is 12.1 Å². The molecule has 0 spiro atoms. The zero-order valence-electron chi connectivity index (χ0n) is 15.0. The standard InChI is InChI=1S/C19H20N2O5/c1-23-12-7-5-11(6-8-12)13-10-20-21-17(13)16-14(22)9-15(24-2)18(25-3)19(16)26-4/h5-10,22H,1-4H3,(H,20,21). The van der Waals surface area contributed by atoms with Gasteiger partial charge in [0.2, 0.25) is 5.75 Å². The Bertz CT molecular complexity index is 903. The summed E-state index contributed by atoms with van der Waals surface area (Å²) in [5.41, 5.74) is 2.75. The number of H-pyrrole nitrogens is 1. The van der Waals surface area contributed by atoms with E-state index >= 15 is 0 Å². The summed E-state index contributed by atoms with van der Waals surface area (Å²) in [6, 6.07) is 9.03. The number of hydrogen-bond donors (Lipinski definition) is 2. The minimum absolute atomic E-state index is 0.0153. The summed E-state index contributed by atoms with van der Waals surface area (Å²) in [5, 5.41) is 17.7. The molecule has 7 heteroatoms. The molecular formula is C19H20N2O5. The van der Waals surface area contributed by atoms with Crippen LogP contribution in [-0.4, -0.2) is 43.7 Å². The molecule has 2 aromatic carbocycles. The highest BCUT2D eigenvalue weighted by atomic mass is 16.5. The summed E-state index contributed by atoms with van der Waals surface area (Å²) in [6.45, 7) is 0. The van der Waals surface area contributed by atoms with Crippen molar-refractivity contribution >= 4 is 0 Å². The molecule has 0 amide bonds. The molecule has 0 saturated heterocycles. The van der Waals surface area contributed by atoms with Crippen LogP contribution in [0.15, 0.2) is 36.5 Å². The Labute approximate surface area is 151 Å². The molecule has 0 radical (unpaired) electrons. The second-order valence-electron chi connectivity index (χ2n) is 5.43. The quantitative estimate of drug-likeness (QED) is 0.703. The number of aromatic amines is 1. The third kappa shape index (κ3) is 2.88. The van der Waals surface area contributed by atoms with Gasteiger partial charge in [0.25, 0.3) is 0 Å². The molecule has 1 aromatic heterocycles. The number of benzene rings is 2. The smallest absolute Gasteiger partial charge is 0.204 e. The molecule has 136 valence electrons. The summed E-state index contributed by atoms with van der Waals surface area (Å²) < 4.78 is 21.4. The first kappa shape index (κ1) is 17.5. The molecule has 26 heavy (non-hydrogen) atoms. The van der Waals surface area contributed by atoms with E-state index in [4.69, 9.17) is 18.9 Å². The van der Waals surface area contributed by atoms with Crippen molar-refractivity contribution in [1.82, 2.24) is 10.2 Å². The molecule has 3 rings (SSSR count). The molecule has 7 nitrogen and oxygen atoms in total. The van der Waals surface area contributed by atoms with Gasteiger partial charge >= 0.3 is 0 Å². The van der Waals surface area contributed by atoms with Crippen LogP contribution in [0.3, 0.4) is 0 Å². The number of hydrogen-bond acceptors (Lipinski definition) is 6. The highest BCUT2D eigenvalue weighted by Gasteiger charge is 2.25. The molecule has 2 N–H and O–H groups in total. The third-order valence-corrected chi connectivity index (χ3v) is 4.10. The molecule has 0 aliphatic rings. The molecule has 0 aliphatic carbocycles. The molecule has 0 saturated carbocycles. The molecular weight excluding hydrogens is 336 g/mol. The lowest BCUT2D eigenvalue weighted by molar-refractivity contribution is 0.321. The van der Waals surface area contributed by atoms with Gasteiger partial charge in [-0.25, -0.2) is 0 Å². The number of ether oxygens (including phenoxy) is 4. The van der Waals surface area contributed by atoms with Gasteiger partial charge in [-0.05, 0) is 17.7 Å². The van der Waals surface area contributed by atoms with E-state index in [9.17, 15) is 5.11 Å². The predicted octanol–water partition coefficient (Wildman–Crippen LogP) is 3.48. The van der Waals surface area contributed by atoms with E-state index in [0.717, 1.165) is 16.9 Å². The van der Waals surface area contributed by atoms with Gasteiger partial charge in [0.15, 0.2) is 11.5 Å². The topological polar surface area (TPSA) is 85.8 Å². The number of nitrogens with one attached hydrogen (secondary N) is 1. The summed E-state index contributed by atoms with van der Waals surface area (Å²) >= 11 is 0. The molecule has 0 unspecified atom stereocenters. The van der Waals surface area contributed by atoms with Gasteiger partial charge < -0.3 is 24.1 Å². The maximum atomic E-state index is 10.6. The number of nitrogens with zero attached hydrogens (tertiary/aromatic N) is 1. The molecule has 0 aliphatic heterocycles. The van der Waals surface area contributed by atoms with Crippen LogP contribution in [0.25, 0.3) is 22.4 Å². The lowest BCUT2D eigenvalue weighted by Gasteiger charge is -2.17. The average molecular weight is 356 g/mol. The van der Waals surface area contributed by atoms with Gasteiger partial charge in [-0.15, -0.1) is 0 Å². The van der Waals surface area contributed by atoms with Crippen LogP contribution in [0, 0.1) is 0 Å². The van der Waals surface area contributed by atoms with E-state index in [1.807, 2.05) is 24.3 Å². The fourth-order valence-corrected chi connectivity index (χ4v) is 2.85. The highest BCUT2D eigenvalue weighted by molar-refractivity contribution is 5.89. The number of phenols is 1. The molecule has 0 bridgehead atoms. The Kier molecular flexibility index (Phi) is 4.88. The fraction of sp³-hybridized carbons (Fsp3) is 0.211. The number of aromatic hydroxyl groups is 1. The Morgan fingerprint density at radius 1 is 0.885 bits per heavy atom. The number of rotatable bonds is 6. The lowest BCUT2D eigenvalue weighted by Crippen LogP contribution is -1.98. The number of methoxy groups -OCH3 is 4. The molecule has 1 heterocycles. The van der Waals surface area contributed by atoms with E-state index in [1.54, 1.807) is 13.3 Å². The van der Waals surface area contributed by atoms with E-state index in [-0.39, 0.29) is 5.75 Å². The predicted molar refractivity (Wildman–Crippen MR) is 97.3 cm³/mol. The van der Waals surface area contributed by atoms with Gasteiger partial charge in [0, 0.05) is 11.6 Å². The summed E-state index contributed by atoms with van der Waals surface area (Å²) in [4.78, 5) is 0. The monoisotopic (exact) mass is 356 g/mol. The second kappa shape index (κ2) is 7.26. The first-order chi connectivity index (χ1) is 12.6. The fourth-order valence-electron chi connectivity index (χ4n) is 2.85. The van der Waals surface area contributed by atoms with Crippen molar-refractivity contribution in [2.45, 2.75) is 0 Å². The van der Waals surface area contributed by atoms with Crippen molar-refractivity contribution in [2.24, 2.45) is 0 Å². The van der Waals surface area contributed by atoms with Crippen LogP contribution >= 0.6 is 0 Å². The van der Waals surface area contributed by atoms with Gasteiger partial charge in [-0.3, -0.25) is 5.10 Å². The minimum Gasteiger partial charge on any atom is -0.507 e. The summed E-state index contributed by atoms with van der Waals surface area (Å²) in [5.74, 6) is 1.85. The Balaban J connectivity index is 2.20. The van der Waals surface area contributed by atoms with E-state index in [0.29, 0.717) is 28.5 Å². The van der Waals surface area contributed by atoms with Crippen molar-refractivity contribution < 1.29 is 24.1 Å². The molecule has 3 aromatic rings. The van der Waals surface area contributed by atoms with Crippen LogP contribution in [0.2, 0.25) is 0 Å². The first-order valence-corrected chi connectivity index (χ1v) is 7.84. The minimum atomic E-state index is -0.0153. The highest BCUT2D eigenvalue weighted by Crippen LogP contribution is 2.50. The average Bonchev–Trinajstić information content (AvgIpc) is 3.16. The maximum Gasteiger partial charge on any atom is 0.204 e. The van der Waals surface area contributed by atoms with Crippen molar-refractivity contribution in [1.29, 1.82) is 0 Å². The molecule has 0 fully saturated rings. The van der Waals surface area contributed by atoms with Crippen LogP contribution in [0.5, 0.6) is 28.7 Å². The van der Waals surface area contributed by atoms with Crippen molar-refractivity contribution in [3.05, 3.63) is 36.5 Å². The van der Waals surface area contributed by atoms with E-state index in [1.165, 1.54) is 27.4 Å². The van der Waals surface area contributed by atoms with Gasteiger partial charge in [0.1, 0.15) is 11.5 Å². The SMILES string of the molecule is COc1ccc(-c2cn[nH]c2-c2c(O)cc(OC)c(OC)c2OC)cc1. The Hall–Kier alpha value is -3.35. The lowest BCUT2D eigenvalue weighted by atomic mass is 9.99. The number of phenolic OH excluding ortho intramolecular Hbond substituents is 1.